The average Bonchev–Trinajstić information content (AvgIpc) is 2.45. The third kappa shape index (κ3) is 2.57. The molecule has 0 aliphatic carbocycles. The highest BCUT2D eigenvalue weighted by Gasteiger charge is 2.27. The van der Waals surface area contributed by atoms with E-state index >= 15 is 0 Å². The maximum absolute atomic E-state index is 12.5. The van der Waals surface area contributed by atoms with E-state index in [9.17, 15) is 24.9 Å². The maximum Gasteiger partial charge on any atom is 0.261 e. The van der Waals surface area contributed by atoms with Gasteiger partial charge >= 0.3 is 0 Å². The molecule has 0 spiro atoms. The first-order valence-corrected chi connectivity index (χ1v) is 7.36. The molecule has 0 atom stereocenters. The summed E-state index contributed by atoms with van der Waals surface area (Å²) in [6.07, 6.45) is 0. The zero-order chi connectivity index (χ0) is 18.3. The van der Waals surface area contributed by atoms with Gasteiger partial charge in [0.2, 0.25) is 11.7 Å². The molecular formula is C15H20N4O5. The number of hydrogen-bond donors (Lipinski definition) is 5. The number of nitrogens with one attached hydrogen (secondary N) is 1. The number of carbonyl (C=O) groups is 1. The summed E-state index contributed by atoms with van der Waals surface area (Å²) in [6.45, 7) is 7.58. The van der Waals surface area contributed by atoms with Gasteiger partial charge in [0.15, 0.2) is 11.5 Å². The highest BCUT2D eigenvalue weighted by Crippen LogP contribution is 2.43. The molecule has 24 heavy (non-hydrogen) atoms. The zero-order valence-electron chi connectivity index (χ0n) is 13.8. The van der Waals surface area contributed by atoms with Crippen LogP contribution in [0.25, 0.3) is 10.9 Å². The van der Waals surface area contributed by atoms with E-state index in [4.69, 9.17) is 5.73 Å². The van der Waals surface area contributed by atoms with Crippen LogP contribution in [0.4, 0.5) is 5.95 Å². The lowest BCUT2D eigenvalue weighted by Gasteiger charge is -2.31. The van der Waals surface area contributed by atoms with Gasteiger partial charge in [-0.1, -0.05) is 0 Å². The number of phenolic OH excluding ortho intramolecular Hbond substituents is 2. The van der Waals surface area contributed by atoms with Crippen molar-refractivity contribution in [3.05, 3.63) is 15.9 Å². The molecule has 2 rings (SSSR count). The number of rotatable bonds is 4. The predicted molar refractivity (Wildman–Crippen MR) is 88.6 cm³/mol. The summed E-state index contributed by atoms with van der Waals surface area (Å²) in [5.41, 5.74) is 3.51. The Morgan fingerprint density at radius 3 is 2.08 bits per heavy atom. The molecule has 9 heteroatoms. The van der Waals surface area contributed by atoms with Crippen molar-refractivity contribution in [3.8, 4) is 17.2 Å². The SMILES string of the molecule is CC(C)N(c1nc2c(O)c(O)c(O)c(C(N)=O)c2c(=O)[nH]1)C(C)C. The van der Waals surface area contributed by atoms with Crippen molar-refractivity contribution >= 4 is 22.8 Å². The first-order chi connectivity index (χ1) is 11.1. The standard InChI is InChI=1S/C15H20N4O5/c1-5(2)19(6(3)4)15-17-9-7(14(24)18-15)8(13(16)23)10(20)12(22)11(9)21/h5-6,20-22H,1-4H3,(H2,16,23)(H,17,18,24). The van der Waals surface area contributed by atoms with Gasteiger partial charge in [-0.3, -0.25) is 14.6 Å². The fourth-order valence-electron chi connectivity index (χ4n) is 2.77. The van der Waals surface area contributed by atoms with Crippen molar-refractivity contribution in [2.45, 2.75) is 39.8 Å². The molecule has 2 aromatic rings. The molecule has 1 aromatic heterocycles. The number of phenols is 3. The lowest BCUT2D eigenvalue weighted by atomic mass is 10.1. The molecule has 130 valence electrons. The van der Waals surface area contributed by atoms with Crippen molar-refractivity contribution in [2.75, 3.05) is 4.90 Å². The molecule has 0 radical (unpaired) electrons. The number of primary amides is 1. The first-order valence-electron chi connectivity index (χ1n) is 7.36. The quantitative estimate of drug-likeness (QED) is 0.517. The number of nitrogens with zero attached hydrogens (tertiary/aromatic N) is 2. The summed E-state index contributed by atoms with van der Waals surface area (Å²) >= 11 is 0. The minimum Gasteiger partial charge on any atom is -0.504 e. The monoisotopic (exact) mass is 336 g/mol. The molecule has 0 saturated heterocycles. The number of carbonyl (C=O) groups excluding carboxylic acids is 1. The van der Waals surface area contributed by atoms with Crippen LogP contribution < -0.4 is 16.2 Å². The van der Waals surface area contributed by atoms with Crippen molar-refractivity contribution < 1.29 is 20.1 Å². The summed E-state index contributed by atoms with van der Waals surface area (Å²) in [4.78, 5) is 32.5. The fraction of sp³-hybridized carbons (Fsp3) is 0.400. The molecule has 0 aliphatic rings. The first kappa shape index (κ1) is 17.4. The molecule has 0 unspecified atom stereocenters. The van der Waals surface area contributed by atoms with E-state index in [1.54, 1.807) is 4.90 Å². The Balaban J connectivity index is 2.95. The van der Waals surface area contributed by atoms with E-state index in [-0.39, 0.29) is 28.9 Å². The van der Waals surface area contributed by atoms with Gasteiger partial charge in [0.1, 0.15) is 5.52 Å². The fourth-order valence-corrected chi connectivity index (χ4v) is 2.77. The number of aromatic nitrogens is 2. The number of anilines is 1. The summed E-state index contributed by atoms with van der Waals surface area (Å²) in [5.74, 6) is -3.68. The molecular weight excluding hydrogens is 316 g/mol. The lowest BCUT2D eigenvalue weighted by Crippen LogP contribution is -2.39. The largest absolute Gasteiger partial charge is 0.504 e. The Labute approximate surface area is 137 Å². The smallest absolute Gasteiger partial charge is 0.261 e. The Morgan fingerprint density at radius 2 is 1.62 bits per heavy atom. The third-order valence-electron chi connectivity index (χ3n) is 3.67. The number of amides is 1. The number of H-pyrrole nitrogens is 1. The summed E-state index contributed by atoms with van der Waals surface area (Å²) in [6, 6.07) is -0.0388. The highest BCUT2D eigenvalue weighted by atomic mass is 16.3. The van der Waals surface area contributed by atoms with Crippen LogP contribution in [0.5, 0.6) is 17.2 Å². The highest BCUT2D eigenvalue weighted by molar-refractivity contribution is 6.10. The second kappa shape index (κ2) is 5.91. The minimum atomic E-state index is -1.13. The molecule has 9 nitrogen and oxygen atoms in total. The van der Waals surface area contributed by atoms with Gasteiger partial charge in [0, 0.05) is 12.1 Å². The minimum absolute atomic E-state index is 0.0194. The number of aromatic amines is 1. The third-order valence-corrected chi connectivity index (χ3v) is 3.67. The summed E-state index contributed by atoms with van der Waals surface area (Å²) in [7, 11) is 0. The Morgan fingerprint density at radius 1 is 1.08 bits per heavy atom. The Hall–Kier alpha value is -2.97. The molecule has 0 saturated carbocycles. The van der Waals surface area contributed by atoms with E-state index in [0.29, 0.717) is 0 Å². The van der Waals surface area contributed by atoms with Gasteiger partial charge in [0.05, 0.1) is 10.9 Å². The summed E-state index contributed by atoms with van der Waals surface area (Å²) in [5, 5.41) is 29.3. The van der Waals surface area contributed by atoms with Crippen LogP contribution in [-0.4, -0.2) is 43.3 Å². The summed E-state index contributed by atoms with van der Waals surface area (Å²) < 4.78 is 0. The van der Waals surface area contributed by atoms with Crippen LogP contribution in [0, 0.1) is 0 Å². The number of fused-ring (bicyclic) bond motifs is 1. The van der Waals surface area contributed by atoms with Gasteiger partial charge < -0.3 is 26.0 Å². The van der Waals surface area contributed by atoms with Gasteiger partial charge in [-0.05, 0) is 27.7 Å². The predicted octanol–water partition coefficient (Wildman–Crippen LogP) is 0.762. The number of hydrogen-bond acceptors (Lipinski definition) is 7. The van der Waals surface area contributed by atoms with Crippen molar-refractivity contribution in [2.24, 2.45) is 5.73 Å². The van der Waals surface area contributed by atoms with Crippen molar-refractivity contribution in [1.82, 2.24) is 9.97 Å². The molecule has 0 fully saturated rings. The number of aromatic hydroxyl groups is 3. The van der Waals surface area contributed by atoms with Crippen LogP contribution in [0.15, 0.2) is 4.79 Å². The van der Waals surface area contributed by atoms with Crippen LogP contribution >= 0.6 is 0 Å². The molecule has 1 heterocycles. The van der Waals surface area contributed by atoms with Crippen LogP contribution in [-0.2, 0) is 0 Å². The van der Waals surface area contributed by atoms with Gasteiger partial charge in [-0.2, -0.15) is 0 Å². The number of benzene rings is 1. The second-order valence-electron chi connectivity index (χ2n) is 5.99. The molecule has 0 bridgehead atoms. The van der Waals surface area contributed by atoms with E-state index in [1.807, 2.05) is 27.7 Å². The Bertz CT molecular complexity index is 865. The average molecular weight is 336 g/mol. The molecule has 1 aromatic carbocycles. The number of nitrogens with two attached hydrogens (primary N) is 1. The normalized spacial score (nSPS) is 11.4. The molecule has 0 aliphatic heterocycles. The molecule has 6 N–H and O–H groups in total. The van der Waals surface area contributed by atoms with Crippen molar-refractivity contribution in [1.29, 1.82) is 0 Å². The van der Waals surface area contributed by atoms with Gasteiger partial charge in [0.25, 0.3) is 11.5 Å². The van der Waals surface area contributed by atoms with Crippen LogP contribution in [0.2, 0.25) is 0 Å². The lowest BCUT2D eigenvalue weighted by molar-refractivity contribution is 0.0998. The van der Waals surface area contributed by atoms with Crippen molar-refractivity contribution in [3.63, 3.8) is 0 Å². The van der Waals surface area contributed by atoms with E-state index in [1.165, 1.54) is 0 Å². The van der Waals surface area contributed by atoms with E-state index < -0.39 is 34.3 Å². The van der Waals surface area contributed by atoms with Crippen LogP contribution in [0.3, 0.4) is 0 Å². The van der Waals surface area contributed by atoms with Gasteiger partial charge in [-0.15, -0.1) is 0 Å². The maximum atomic E-state index is 12.5. The zero-order valence-corrected chi connectivity index (χ0v) is 13.8. The van der Waals surface area contributed by atoms with Gasteiger partial charge in [-0.25, -0.2) is 4.98 Å². The van der Waals surface area contributed by atoms with Crippen LogP contribution in [0.1, 0.15) is 38.1 Å². The van der Waals surface area contributed by atoms with E-state index in [0.717, 1.165) is 0 Å². The topological polar surface area (TPSA) is 153 Å². The second-order valence-corrected chi connectivity index (χ2v) is 5.99. The molecule has 1 amide bonds. The van der Waals surface area contributed by atoms with E-state index in [2.05, 4.69) is 9.97 Å². The Kier molecular flexibility index (Phi) is 4.28.